The first-order valence-corrected chi connectivity index (χ1v) is 6.33. The normalized spacial score (nSPS) is 17.4. The maximum Gasteiger partial charge on any atom is 0.311 e. The number of ether oxygens (including phenoxy) is 2. The van der Waals surface area contributed by atoms with E-state index in [1.165, 1.54) is 0 Å². The average Bonchev–Trinajstić information content (AvgIpc) is 2.38. The van der Waals surface area contributed by atoms with Gasteiger partial charge in [-0.1, -0.05) is 5.18 Å². The zero-order valence-corrected chi connectivity index (χ0v) is 11.2. The molecule has 1 saturated heterocycles. The number of nitrogens with zero attached hydrogens (tertiary/aromatic N) is 2. The summed E-state index contributed by atoms with van der Waals surface area (Å²) >= 11 is 0. The van der Waals surface area contributed by atoms with E-state index in [-0.39, 0.29) is 19.1 Å². The second-order valence-corrected chi connectivity index (χ2v) is 5.08. The van der Waals surface area contributed by atoms with Crippen molar-refractivity contribution in [3.63, 3.8) is 0 Å². The Morgan fingerprint density at radius 3 is 2.67 bits per heavy atom. The summed E-state index contributed by atoms with van der Waals surface area (Å²) in [6, 6.07) is 0. The molecule has 1 rings (SSSR count). The van der Waals surface area contributed by atoms with E-state index in [9.17, 15) is 9.70 Å². The number of hydrogen-bond acceptors (Lipinski definition) is 6. The van der Waals surface area contributed by atoms with Crippen molar-refractivity contribution < 1.29 is 14.3 Å². The lowest BCUT2D eigenvalue weighted by atomic mass is 9.89. The zero-order chi connectivity index (χ0) is 13.4. The SMILES string of the molecule is CC(C)(CCN1CCOCC1)C(=O)OCCN=O. The van der Waals surface area contributed by atoms with Crippen molar-refractivity contribution in [1.29, 1.82) is 0 Å². The molecule has 0 aromatic rings. The van der Waals surface area contributed by atoms with Crippen LogP contribution in [0.15, 0.2) is 5.18 Å². The highest BCUT2D eigenvalue weighted by molar-refractivity contribution is 5.75. The first-order chi connectivity index (χ1) is 8.56. The summed E-state index contributed by atoms with van der Waals surface area (Å²) < 4.78 is 10.3. The summed E-state index contributed by atoms with van der Waals surface area (Å²) in [5, 5.41) is 2.66. The molecule has 0 saturated carbocycles. The molecule has 104 valence electrons. The highest BCUT2D eigenvalue weighted by Gasteiger charge is 2.29. The fraction of sp³-hybridized carbons (Fsp3) is 0.917. The summed E-state index contributed by atoms with van der Waals surface area (Å²) in [4.78, 5) is 24.0. The van der Waals surface area contributed by atoms with E-state index >= 15 is 0 Å². The van der Waals surface area contributed by atoms with Gasteiger partial charge >= 0.3 is 5.97 Å². The fourth-order valence-corrected chi connectivity index (χ4v) is 1.74. The molecule has 0 bridgehead atoms. The van der Waals surface area contributed by atoms with Gasteiger partial charge in [0.2, 0.25) is 0 Å². The molecule has 1 fully saturated rings. The van der Waals surface area contributed by atoms with Crippen LogP contribution in [0.2, 0.25) is 0 Å². The number of hydrogen-bond donors (Lipinski definition) is 0. The zero-order valence-electron chi connectivity index (χ0n) is 11.2. The number of esters is 1. The van der Waals surface area contributed by atoms with Crippen LogP contribution < -0.4 is 0 Å². The summed E-state index contributed by atoms with van der Waals surface area (Å²) in [7, 11) is 0. The molecule has 0 N–H and O–H groups in total. The van der Waals surface area contributed by atoms with Crippen LogP contribution in [0.5, 0.6) is 0 Å². The maximum atomic E-state index is 11.8. The molecule has 6 nitrogen and oxygen atoms in total. The Labute approximate surface area is 108 Å². The van der Waals surface area contributed by atoms with Crippen LogP contribution >= 0.6 is 0 Å². The third-order valence-electron chi connectivity index (χ3n) is 3.13. The lowest BCUT2D eigenvalue weighted by Crippen LogP contribution is -2.39. The minimum atomic E-state index is -0.527. The molecule has 18 heavy (non-hydrogen) atoms. The first-order valence-electron chi connectivity index (χ1n) is 6.33. The molecule has 6 heteroatoms. The summed E-state index contributed by atoms with van der Waals surface area (Å²) in [5.41, 5.74) is -0.527. The Hall–Kier alpha value is -1.01. The average molecular weight is 258 g/mol. The van der Waals surface area contributed by atoms with E-state index in [0.29, 0.717) is 0 Å². The highest BCUT2D eigenvalue weighted by atomic mass is 16.5. The molecule has 0 radical (unpaired) electrons. The highest BCUT2D eigenvalue weighted by Crippen LogP contribution is 2.23. The van der Waals surface area contributed by atoms with Crippen molar-refractivity contribution in [2.75, 3.05) is 46.0 Å². The molecule has 1 heterocycles. The summed E-state index contributed by atoms with van der Waals surface area (Å²) in [5.74, 6) is -0.264. The minimum absolute atomic E-state index is 0.0191. The molecule has 0 atom stereocenters. The van der Waals surface area contributed by atoms with E-state index < -0.39 is 5.41 Å². The second-order valence-electron chi connectivity index (χ2n) is 5.08. The second kappa shape index (κ2) is 7.43. The third kappa shape index (κ3) is 5.10. The van der Waals surface area contributed by atoms with Crippen LogP contribution in [-0.4, -0.2) is 56.9 Å². The van der Waals surface area contributed by atoms with E-state index in [2.05, 4.69) is 10.1 Å². The van der Waals surface area contributed by atoms with Crippen molar-refractivity contribution >= 4 is 5.97 Å². The topological polar surface area (TPSA) is 68.2 Å². The number of morpholine rings is 1. The van der Waals surface area contributed by atoms with Gasteiger partial charge in [0.25, 0.3) is 0 Å². The molecule has 0 spiro atoms. The smallest absolute Gasteiger partial charge is 0.311 e. The molecule has 0 amide bonds. The van der Waals surface area contributed by atoms with Crippen LogP contribution in [0.3, 0.4) is 0 Å². The Morgan fingerprint density at radius 2 is 2.06 bits per heavy atom. The Balaban J connectivity index is 2.28. The molecular weight excluding hydrogens is 236 g/mol. The van der Waals surface area contributed by atoms with E-state index in [1.54, 1.807) is 0 Å². The molecule has 1 aliphatic rings. The van der Waals surface area contributed by atoms with E-state index in [0.717, 1.165) is 39.3 Å². The summed E-state index contributed by atoms with van der Waals surface area (Å²) in [6.07, 6.45) is 0.736. The number of rotatable bonds is 7. The number of carbonyl (C=O) groups excluding carboxylic acids is 1. The monoisotopic (exact) mass is 258 g/mol. The van der Waals surface area contributed by atoms with Crippen molar-refractivity contribution in [2.45, 2.75) is 20.3 Å². The third-order valence-corrected chi connectivity index (χ3v) is 3.13. The molecule has 1 aliphatic heterocycles. The Bertz CT molecular complexity index is 275. The van der Waals surface area contributed by atoms with Crippen LogP contribution in [0, 0.1) is 10.3 Å². The van der Waals surface area contributed by atoms with E-state index in [4.69, 9.17) is 9.47 Å². The largest absolute Gasteiger partial charge is 0.463 e. The van der Waals surface area contributed by atoms with Crippen LogP contribution in [0.25, 0.3) is 0 Å². The van der Waals surface area contributed by atoms with Gasteiger partial charge in [-0.25, -0.2) is 0 Å². The van der Waals surface area contributed by atoms with Gasteiger partial charge in [-0.05, 0) is 26.8 Å². The quantitative estimate of drug-likeness (QED) is 0.388. The lowest BCUT2D eigenvalue weighted by molar-refractivity contribution is -0.154. The van der Waals surface area contributed by atoms with Gasteiger partial charge in [0, 0.05) is 13.1 Å². The summed E-state index contributed by atoms with van der Waals surface area (Å²) in [6.45, 7) is 8.03. The first kappa shape index (κ1) is 15.0. The molecular formula is C12H22N2O4. The van der Waals surface area contributed by atoms with Crippen molar-refractivity contribution in [1.82, 2.24) is 4.90 Å². The van der Waals surface area contributed by atoms with Crippen LogP contribution in [0.1, 0.15) is 20.3 Å². The predicted octanol–water partition coefficient (Wildman–Crippen LogP) is 1.04. The standard InChI is InChI=1S/C12H22N2O4/c1-12(2,11(15)18-8-4-13-16)3-5-14-6-9-17-10-7-14/h3-10H2,1-2H3. The molecule has 0 unspecified atom stereocenters. The van der Waals surface area contributed by atoms with Gasteiger partial charge in [-0.15, -0.1) is 0 Å². The van der Waals surface area contributed by atoms with Crippen molar-refractivity contribution in [3.8, 4) is 0 Å². The molecule has 0 aromatic carbocycles. The van der Waals surface area contributed by atoms with Crippen LogP contribution in [-0.2, 0) is 14.3 Å². The maximum absolute atomic E-state index is 11.8. The predicted molar refractivity (Wildman–Crippen MR) is 67.3 cm³/mol. The fourth-order valence-electron chi connectivity index (χ4n) is 1.74. The number of nitroso groups, excluding NO2 is 1. The molecule has 0 aliphatic carbocycles. The van der Waals surface area contributed by atoms with Gasteiger partial charge in [0.1, 0.15) is 13.2 Å². The van der Waals surface area contributed by atoms with Gasteiger partial charge < -0.3 is 9.47 Å². The van der Waals surface area contributed by atoms with Crippen molar-refractivity contribution in [2.24, 2.45) is 10.6 Å². The van der Waals surface area contributed by atoms with Gasteiger partial charge in [0.05, 0.1) is 18.6 Å². The Kier molecular flexibility index (Phi) is 6.21. The van der Waals surface area contributed by atoms with Crippen molar-refractivity contribution in [3.05, 3.63) is 4.91 Å². The number of carbonyl (C=O) groups is 1. The van der Waals surface area contributed by atoms with Crippen LogP contribution in [0.4, 0.5) is 0 Å². The van der Waals surface area contributed by atoms with E-state index in [1.807, 2.05) is 13.8 Å². The van der Waals surface area contributed by atoms with Gasteiger partial charge in [-0.3, -0.25) is 9.69 Å². The molecule has 0 aromatic heterocycles. The van der Waals surface area contributed by atoms with Gasteiger partial charge in [0.15, 0.2) is 0 Å². The Morgan fingerprint density at radius 1 is 1.39 bits per heavy atom. The lowest BCUT2D eigenvalue weighted by Gasteiger charge is -2.30. The minimum Gasteiger partial charge on any atom is -0.463 e. The van der Waals surface area contributed by atoms with Gasteiger partial charge in [-0.2, -0.15) is 4.91 Å².